The number of piperazine rings is 1. The maximum absolute atomic E-state index is 13.6. The van der Waals surface area contributed by atoms with Gasteiger partial charge in [0.2, 0.25) is 15.9 Å². The fourth-order valence-corrected chi connectivity index (χ4v) is 5.91. The zero-order chi connectivity index (χ0) is 29.3. The number of rotatable bonds is 7. The van der Waals surface area contributed by atoms with Crippen LogP contribution in [0.2, 0.25) is 0 Å². The Balaban J connectivity index is 1.51. The van der Waals surface area contributed by atoms with Crippen LogP contribution in [-0.2, 0) is 26.1 Å². The second-order valence-corrected chi connectivity index (χ2v) is 12.7. The van der Waals surface area contributed by atoms with E-state index < -0.39 is 45.8 Å². The molecule has 1 N–H and O–H groups in total. The molecule has 1 aliphatic carbocycles. The predicted octanol–water partition coefficient (Wildman–Crippen LogP) is 4.39. The number of amides is 2. The first-order chi connectivity index (χ1) is 18.6. The van der Waals surface area contributed by atoms with Crippen LogP contribution in [0, 0.1) is 0 Å². The first-order valence-corrected chi connectivity index (χ1v) is 14.3. The largest absolute Gasteiger partial charge is 0.573 e. The molecule has 2 fully saturated rings. The summed E-state index contributed by atoms with van der Waals surface area (Å²) in [5, 5.41) is 2.64. The molecular formula is C27H32F3N3O6S. The Kier molecular flexibility index (Phi) is 8.36. The van der Waals surface area contributed by atoms with Crippen molar-refractivity contribution in [1.29, 1.82) is 0 Å². The Hall–Kier alpha value is -3.32. The lowest BCUT2D eigenvalue weighted by Crippen LogP contribution is -2.61. The molecule has 4 rings (SSSR count). The molecule has 40 heavy (non-hydrogen) atoms. The topological polar surface area (TPSA) is 105 Å². The maximum Gasteiger partial charge on any atom is 0.573 e. The lowest BCUT2D eigenvalue weighted by atomic mass is 10.1. The van der Waals surface area contributed by atoms with Crippen molar-refractivity contribution in [2.75, 3.05) is 19.6 Å². The van der Waals surface area contributed by atoms with E-state index in [4.69, 9.17) is 4.74 Å². The van der Waals surface area contributed by atoms with Crippen molar-refractivity contribution < 1.29 is 40.7 Å². The summed E-state index contributed by atoms with van der Waals surface area (Å²) in [4.78, 5) is 27.4. The summed E-state index contributed by atoms with van der Waals surface area (Å²) in [7, 11) is -4.10. The Morgan fingerprint density at radius 1 is 0.975 bits per heavy atom. The molecule has 1 heterocycles. The molecule has 1 aliphatic heterocycles. The highest BCUT2D eigenvalue weighted by molar-refractivity contribution is 7.89. The highest BCUT2D eigenvalue weighted by atomic mass is 32.2. The van der Waals surface area contributed by atoms with Gasteiger partial charge in [0.25, 0.3) is 0 Å². The number of alkyl halides is 3. The number of benzene rings is 2. The first kappa shape index (κ1) is 29.7. The third-order valence-corrected chi connectivity index (χ3v) is 8.37. The average molecular weight is 584 g/mol. The summed E-state index contributed by atoms with van der Waals surface area (Å²) in [6, 6.07) is 10.3. The van der Waals surface area contributed by atoms with Gasteiger partial charge in [-0.2, -0.15) is 4.31 Å². The highest BCUT2D eigenvalue weighted by Crippen LogP contribution is 2.40. The van der Waals surface area contributed by atoms with Crippen LogP contribution in [-0.4, -0.2) is 67.3 Å². The zero-order valence-electron chi connectivity index (χ0n) is 22.4. The van der Waals surface area contributed by atoms with Crippen LogP contribution in [0.4, 0.5) is 18.0 Å². The number of carbonyl (C=O) groups is 2. The summed E-state index contributed by atoms with van der Waals surface area (Å²) < 4.78 is 74.9. The number of sulfonamides is 1. The minimum Gasteiger partial charge on any atom is -0.444 e. The highest BCUT2D eigenvalue weighted by Gasteiger charge is 2.42. The minimum absolute atomic E-state index is 0.0265. The number of hydrogen-bond donors (Lipinski definition) is 1. The van der Waals surface area contributed by atoms with Gasteiger partial charge in [0.15, 0.2) is 0 Å². The van der Waals surface area contributed by atoms with E-state index in [0.717, 1.165) is 34.8 Å². The van der Waals surface area contributed by atoms with Crippen molar-refractivity contribution in [3.05, 3.63) is 59.7 Å². The van der Waals surface area contributed by atoms with Gasteiger partial charge in [-0.1, -0.05) is 24.3 Å². The van der Waals surface area contributed by atoms with Gasteiger partial charge >= 0.3 is 12.5 Å². The van der Waals surface area contributed by atoms with Crippen LogP contribution in [0.3, 0.4) is 0 Å². The smallest absolute Gasteiger partial charge is 0.444 e. The molecule has 2 amide bonds. The molecule has 218 valence electrons. The third-order valence-electron chi connectivity index (χ3n) is 6.44. The standard InChI is InChI=1S/C27H32F3N3O6S/c1-26(2,3)39-25(35)32-14-15-33(40(36,37)22-12-8-20(9-13-22)19-6-7-19)23(17-32)24(34)31-16-18-4-10-21(11-5-18)38-27(28,29)30/h4-5,8-13,19,23H,6-7,14-17H2,1-3H3,(H,31,34). The van der Waals surface area contributed by atoms with E-state index in [1.165, 1.54) is 29.2 Å². The van der Waals surface area contributed by atoms with E-state index >= 15 is 0 Å². The Labute approximate surface area is 231 Å². The lowest BCUT2D eigenvalue weighted by molar-refractivity contribution is -0.274. The lowest BCUT2D eigenvalue weighted by Gasteiger charge is -2.39. The van der Waals surface area contributed by atoms with Crippen LogP contribution in [0.25, 0.3) is 0 Å². The molecule has 1 saturated carbocycles. The fourth-order valence-electron chi connectivity index (χ4n) is 4.34. The van der Waals surface area contributed by atoms with Gasteiger partial charge in [-0.15, -0.1) is 13.2 Å². The van der Waals surface area contributed by atoms with E-state index in [-0.39, 0.29) is 31.1 Å². The number of ether oxygens (including phenoxy) is 2. The molecule has 0 spiro atoms. The van der Waals surface area contributed by atoms with Crippen molar-refractivity contribution in [2.45, 2.75) is 69.0 Å². The number of halogens is 3. The van der Waals surface area contributed by atoms with E-state index in [1.807, 2.05) is 0 Å². The molecule has 1 saturated heterocycles. The summed E-state index contributed by atoms with van der Waals surface area (Å²) in [6.07, 6.45) is -3.36. The van der Waals surface area contributed by atoms with Gasteiger partial charge < -0.3 is 19.7 Å². The first-order valence-electron chi connectivity index (χ1n) is 12.8. The predicted molar refractivity (Wildman–Crippen MR) is 139 cm³/mol. The zero-order valence-corrected chi connectivity index (χ0v) is 23.2. The van der Waals surface area contributed by atoms with Gasteiger partial charge in [0, 0.05) is 26.2 Å². The van der Waals surface area contributed by atoms with Crippen molar-refractivity contribution in [1.82, 2.24) is 14.5 Å². The van der Waals surface area contributed by atoms with Crippen LogP contribution in [0.5, 0.6) is 5.75 Å². The Morgan fingerprint density at radius 3 is 2.15 bits per heavy atom. The number of nitrogens with zero attached hydrogens (tertiary/aromatic N) is 2. The van der Waals surface area contributed by atoms with Crippen molar-refractivity contribution in [2.24, 2.45) is 0 Å². The van der Waals surface area contributed by atoms with Crippen molar-refractivity contribution in [3.8, 4) is 5.75 Å². The SMILES string of the molecule is CC(C)(C)OC(=O)N1CCN(S(=O)(=O)c2ccc(C3CC3)cc2)C(C(=O)NCc2ccc(OC(F)(F)F)cc2)C1. The Bertz CT molecular complexity index is 1320. The summed E-state index contributed by atoms with van der Waals surface area (Å²) in [5.74, 6) is -0.628. The van der Waals surface area contributed by atoms with Gasteiger partial charge in [0.05, 0.1) is 4.90 Å². The van der Waals surface area contributed by atoms with Crippen LogP contribution >= 0.6 is 0 Å². The molecule has 1 atom stereocenters. The quantitative estimate of drug-likeness (QED) is 0.519. The van der Waals surface area contributed by atoms with E-state index in [0.29, 0.717) is 11.5 Å². The number of nitrogens with one attached hydrogen (secondary N) is 1. The Morgan fingerprint density at radius 2 is 1.60 bits per heavy atom. The summed E-state index contributed by atoms with van der Waals surface area (Å²) in [6.45, 7) is 4.67. The number of carbonyl (C=O) groups excluding carboxylic acids is 2. The number of hydrogen-bond acceptors (Lipinski definition) is 6. The van der Waals surface area contributed by atoms with E-state index in [1.54, 1.807) is 32.9 Å². The van der Waals surface area contributed by atoms with Gasteiger partial charge in [-0.05, 0) is 74.9 Å². The molecule has 2 aromatic carbocycles. The van der Waals surface area contributed by atoms with Gasteiger partial charge in [-0.3, -0.25) is 4.79 Å². The third kappa shape index (κ3) is 7.66. The molecule has 9 nitrogen and oxygen atoms in total. The molecule has 1 unspecified atom stereocenters. The second kappa shape index (κ2) is 11.3. The van der Waals surface area contributed by atoms with Gasteiger partial charge in [-0.25, -0.2) is 13.2 Å². The molecule has 2 aliphatic rings. The maximum atomic E-state index is 13.6. The molecule has 13 heteroatoms. The van der Waals surface area contributed by atoms with Crippen LogP contribution < -0.4 is 10.1 Å². The molecule has 2 aromatic rings. The summed E-state index contributed by atoms with van der Waals surface area (Å²) in [5.41, 5.74) is 0.742. The van der Waals surface area contributed by atoms with E-state index in [9.17, 15) is 31.2 Å². The minimum atomic E-state index is -4.83. The molecule has 0 radical (unpaired) electrons. The van der Waals surface area contributed by atoms with Crippen LogP contribution in [0.15, 0.2) is 53.4 Å². The average Bonchev–Trinajstić information content (AvgIpc) is 3.71. The molecular weight excluding hydrogens is 551 g/mol. The monoisotopic (exact) mass is 583 g/mol. The fraction of sp³-hybridized carbons (Fsp3) is 0.481. The van der Waals surface area contributed by atoms with E-state index in [2.05, 4.69) is 10.1 Å². The van der Waals surface area contributed by atoms with Crippen LogP contribution in [0.1, 0.15) is 50.7 Å². The molecule has 0 aromatic heterocycles. The van der Waals surface area contributed by atoms with Crippen molar-refractivity contribution in [3.63, 3.8) is 0 Å². The van der Waals surface area contributed by atoms with Gasteiger partial charge in [0.1, 0.15) is 17.4 Å². The summed E-state index contributed by atoms with van der Waals surface area (Å²) >= 11 is 0. The van der Waals surface area contributed by atoms with Crippen molar-refractivity contribution >= 4 is 22.0 Å². The second-order valence-electron chi connectivity index (χ2n) is 10.8. The molecule has 0 bridgehead atoms. The normalized spacial score (nSPS) is 18.8.